The fraction of sp³-hybridized carbons (Fsp3) is 0.435. The highest BCUT2D eigenvalue weighted by atomic mass is 19.4. The number of benzene rings is 1. The molecule has 0 atom stereocenters. The number of hydrogen-bond donors (Lipinski definition) is 0. The number of pyridine rings is 1. The summed E-state index contributed by atoms with van der Waals surface area (Å²) in [5.74, 6) is 0.266. The molecule has 0 N–H and O–H groups in total. The van der Waals surface area contributed by atoms with Crippen molar-refractivity contribution in [2.45, 2.75) is 25.4 Å². The molecule has 1 aromatic carbocycles. The van der Waals surface area contributed by atoms with Crippen LogP contribution in [0.5, 0.6) is 0 Å². The van der Waals surface area contributed by atoms with Gasteiger partial charge in [-0.15, -0.1) is 0 Å². The molecule has 1 aromatic heterocycles. The molecular weight excluding hydrogens is 421 g/mol. The molecular formula is C23H25F3N4O2. The first-order valence-corrected chi connectivity index (χ1v) is 10.8. The third kappa shape index (κ3) is 4.71. The van der Waals surface area contributed by atoms with Crippen molar-refractivity contribution >= 4 is 17.6 Å². The zero-order valence-corrected chi connectivity index (χ0v) is 17.6. The lowest BCUT2D eigenvalue weighted by Gasteiger charge is -2.36. The van der Waals surface area contributed by atoms with Gasteiger partial charge in [0.15, 0.2) is 0 Å². The number of rotatable bonds is 3. The Bertz CT molecular complexity index is 964. The number of piperazine rings is 1. The van der Waals surface area contributed by atoms with Crippen LogP contribution in [0.4, 0.5) is 19.0 Å². The van der Waals surface area contributed by atoms with Gasteiger partial charge in [0.05, 0.1) is 11.1 Å². The Morgan fingerprint density at radius 1 is 0.781 bits per heavy atom. The number of nitrogens with zero attached hydrogens (tertiary/aromatic N) is 4. The molecule has 6 nitrogen and oxygen atoms in total. The van der Waals surface area contributed by atoms with Gasteiger partial charge >= 0.3 is 6.18 Å². The molecule has 0 spiro atoms. The molecule has 9 heteroatoms. The van der Waals surface area contributed by atoms with Crippen LogP contribution in [0.25, 0.3) is 0 Å². The number of aromatic nitrogens is 1. The number of hydrogen-bond acceptors (Lipinski definition) is 4. The Morgan fingerprint density at radius 3 is 1.97 bits per heavy atom. The lowest BCUT2D eigenvalue weighted by molar-refractivity contribution is -0.137. The van der Waals surface area contributed by atoms with E-state index in [9.17, 15) is 22.8 Å². The highest BCUT2D eigenvalue weighted by molar-refractivity contribution is 5.99. The molecule has 3 heterocycles. The molecule has 2 aromatic rings. The minimum absolute atomic E-state index is 0.111. The Hall–Kier alpha value is -3.10. The molecule has 170 valence electrons. The van der Waals surface area contributed by atoms with E-state index in [-0.39, 0.29) is 17.4 Å². The van der Waals surface area contributed by atoms with Crippen LogP contribution in [0.3, 0.4) is 0 Å². The second-order valence-electron chi connectivity index (χ2n) is 8.08. The van der Waals surface area contributed by atoms with Crippen molar-refractivity contribution in [2.24, 2.45) is 0 Å². The van der Waals surface area contributed by atoms with E-state index >= 15 is 0 Å². The van der Waals surface area contributed by atoms with Crippen LogP contribution >= 0.6 is 0 Å². The quantitative estimate of drug-likeness (QED) is 0.722. The average molecular weight is 446 g/mol. The number of carbonyl (C=O) groups is 2. The van der Waals surface area contributed by atoms with Gasteiger partial charge in [-0.3, -0.25) is 9.59 Å². The highest BCUT2D eigenvalue weighted by Crippen LogP contribution is 2.29. The minimum atomic E-state index is -4.44. The molecule has 4 rings (SSSR count). The highest BCUT2D eigenvalue weighted by Gasteiger charge is 2.31. The van der Waals surface area contributed by atoms with E-state index in [1.165, 1.54) is 18.6 Å². The molecule has 0 radical (unpaired) electrons. The van der Waals surface area contributed by atoms with Gasteiger partial charge in [-0.2, -0.15) is 13.2 Å². The molecule has 0 aliphatic carbocycles. The van der Waals surface area contributed by atoms with Crippen molar-refractivity contribution in [2.75, 3.05) is 44.2 Å². The summed E-state index contributed by atoms with van der Waals surface area (Å²) in [6.07, 6.45) is 0.597. The largest absolute Gasteiger partial charge is 0.416 e. The van der Waals surface area contributed by atoms with Gasteiger partial charge in [0.2, 0.25) is 0 Å². The van der Waals surface area contributed by atoms with Gasteiger partial charge in [0, 0.05) is 51.0 Å². The summed E-state index contributed by atoms with van der Waals surface area (Å²) in [6.45, 7) is 3.13. The van der Waals surface area contributed by atoms with Gasteiger partial charge in [0.25, 0.3) is 11.8 Å². The van der Waals surface area contributed by atoms with Crippen LogP contribution < -0.4 is 4.90 Å². The lowest BCUT2D eigenvalue weighted by Crippen LogP contribution is -2.50. The third-order valence-corrected chi connectivity index (χ3v) is 5.99. The van der Waals surface area contributed by atoms with E-state index in [1.807, 2.05) is 0 Å². The molecule has 2 aliphatic heterocycles. The van der Waals surface area contributed by atoms with Crippen LogP contribution in [0, 0.1) is 0 Å². The molecule has 0 saturated carbocycles. The van der Waals surface area contributed by atoms with E-state index in [2.05, 4.69) is 9.88 Å². The van der Waals surface area contributed by atoms with Crippen LogP contribution in [-0.2, 0) is 6.18 Å². The van der Waals surface area contributed by atoms with Gasteiger partial charge in [-0.1, -0.05) is 0 Å². The van der Waals surface area contributed by atoms with Crippen molar-refractivity contribution in [3.8, 4) is 0 Å². The van der Waals surface area contributed by atoms with Gasteiger partial charge in [-0.05, 0) is 55.7 Å². The fourth-order valence-electron chi connectivity index (χ4n) is 4.19. The number of amides is 2. The molecule has 0 bridgehead atoms. The zero-order chi connectivity index (χ0) is 22.7. The average Bonchev–Trinajstić information content (AvgIpc) is 2.83. The SMILES string of the molecule is O=C(c1ccc(C(F)(F)F)cc1)N1CCN(C(=O)c2cccnc2N2CCCCC2)CC1. The molecule has 2 saturated heterocycles. The van der Waals surface area contributed by atoms with E-state index in [1.54, 1.807) is 28.1 Å². The summed E-state index contributed by atoms with van der Waals surface area (Å²) < 4.78 is 38.2. The van der Waals surface area contributed by atoms with Gasteiger partial charge in [0.1, 0.15) is 5.82 Å². The van der Waals surface area contributed by atoms with E-state index < -0.39 is 11.7 Å². The lowest BCUT2D eigenvalue weighted by atomic mass is 10.1. The van der Waals surface area contributed by atoms with Crippen molar-refractivity contribution in [1.29, 1.82) is 0 Å². The number of piperidine rings is 1. The fourth-order valence-corrected chi connectivity index (χ4v) is 4.19. The van der Waals surface area contributed by atoms with Gasteiger partial charge < -0.3 is 14.7 Å². The smallest absolute Gasteiger partial charge is 0.356 e. The van der Waals surface area contributed by atoms with Crippen LogP contribution in [0.2, 0.25) is 0 Å². The first-order chi connectivity index (χ1) is 15.3. The minimum Gasteiger partial charge on any atom is -0.356 e. The Balaban J connectivity index is 1.40. The van der Waals surface area contributed by atoms with Crippen LogP contribution in [0.1, 0.15) is 45.5 Å². The second-order valence-corrected chi connectivity index (χ2v) is 8.08. The number of carbonyl (C=O) groups excluding carboxylic acids is 2. The van der Waals surface area contributed by atoms with Crippen LogP contribution in [-0.4, -0.2) is 65.9 Å². The zero-order valence-electron chi connectivity index (χ0n) is 17.6. The second kappa shape index (κ2) is 9.18. The standard InChI is InChI=1S/C23H25F3N4O2/c24-23(25,26)18-8-6-17(7-9-18)21(31)29-13-15-30(16-14-29)22(32)19-5-4-10-27-20(19)28-11-2-1-3-12-28/h4-10H,1-3,11-16H2. The maximum atomic E-state index is 13.2. The van der Waals surface area contributed by atoms with Crippen molar-refractivity contribution in [3.05, 3.63) is 59.3 Å². The van der Waals surface area contributed by atoms with E-state index in [0.717, 1.165) is 38.1 Å². The molecule has 0 unspecified atom stereocenters. The van der Waals surface area contributed by atoms with E-state index in [4.69, 9.17) is 0 Å². The van der Waals surface area contributed by atoms with Crippen LogP contribution in [0.15, 0.2) is 42.6 Å². The molecule has 2 aliphatic rings. The van der Waals surface area contributed by atoms with Crippen molar-refractivity contribution in [3.63, 3.8) is 0 Å². The van der Waals surface area contributed by atoms with Crippen molar-refractivity contribution in [1.82, 2.24) is 14.8 Å². The topological polar surface area (TPSA) is 56.8 Å². The maximum absolute atomic E-state index is 13.2. The monoisotopic (exact) mass is 446 g/mol. The number of halogens is 3. The summed E-state index contributed by atoms with van der Waals surface area (Å²) >= 11 is 0. The predicted octanol–water partition coefficient (Wildman–Crippen LogP) is 3.69. The summed E-state index contributed by atoms with van der Waals surface area (Å²) in [6, 6.07) is 7.77. The number of alkyl halides is 3. The Morgan fingerprint density at radius 2 is 1.38 bits per heavy atom. The Labute approximate surface area is 184 Å². The summed E-state index contributed by atoms with van der Waals surface area (Å²) in [5.41, 5.74) is -0.0141. The summed E-state index contributed by atoms with van der Waals surface area (Å²) in [7, 11) is 0. The normalized spacial score (nSPS) is 17.4. The maximum Gasteiger partial charge on any atom is 0.416 e. The third-order valence-electron chi connectivity index (χ3n) is 5.99. The predicted molar refractivity (Wildman–Crippen MR) is 114 cm³/mol. The van der Waals surface area contributed by atoms with Crippen molar-refractivity contribution < 1.29 is 22.8 Å². The van der Waals surface area contributed by atoms with Gasteiger partial charge in [-0.25, -0.2) is 4.98 Å². The summed E-state index contributed by atoms with van der Waals surface area (Å²) in [5, 5.41) is 0. The molecule has 2 amide bonds. The van der Waals surface area contributed by atoms with E-state index in [0.29, 0.717) is 37.6 Å². The number of anilines is 1. The molecule has 32 heavy (non-hydrogen) atoms. The molecule has 2 fully saturated rings. The first kappa shape index (κ1) is 22.1. The Kier molecular flexibility index (Phi) is 6.34. The first-order valence-electron chi connectivity index (χ1n) is 10.8. The summed E-state index contributed by atoms with van der Waals surface area (Å²) in [4.78, 5) is 35.8.